The number of para-hydroxylation sites is 1. The number of benzene rings is 1. The van der Waals surface area contributed by atoms with Crippen molar-refractivity contribution in [3.05, 3.63) is 49.6 Å². The molecule has 1 N–H and O–H groups in total. The molecule has 0 unspecified atom stereocenters. The molecule has 16 heavy (non-hydrogen) atoms. The Labute approximate surface area is 121 Å². The van der Waals surface area contributed by atoms with Gasteiger partial charge in [0.15, 0.2) is 0 Å². The van der Waals surface area contributed by atoms with Gasteiger partial charge in [-0.1, -0.05) is 23.7 Å². The minimum absolute atomic E-state index is 0.592. The molecule has 82 valence electrons. The molecule has 0 bridgehead atoms. The molecule has 0 saturated heterocycles. The molecule has 1 aromatic heterocycles. The zero-order valence-electron chi connectivity index (χ0n) is 8.05. The van der Waals surface area contributed by atoms with Crippen LogP contribution in [0.4, 0.5) is 11.5 Å². The van der Waals surface area contributed by atoms with E-state index in [2.05, 4.69) is 48.8 Å². The molecule has 1 heterocycles. The Balaban J connectivity index is 2.31. The summed E-state index contributed by atoms with van der Waals surface area (Å²) in [6.07, 6.45) is 1.71. The number of hydrogen-bond donors (Lipinski definition) is 1. The summed E-state index contributed by atoms with van der Waals surface area (Å²) >= 11 is 11.7. The van der Waals surface area contributed by atoms with Crippen molar-refractivity contribution in [2.45, 2.75) is 0 Å². The minimum Gasteiger partial charge on any atom is -0.338 e. The summed E-state index contributed by atoms with van der Waals surface area (Å²) in [5.41, 5.74) is 1.000. The molecule has 1 aromatic carbocycles. The van der Waals surface area contributed by atoms with Crippen LogP contribution in [0.2, 0.25) is 5.02 Å². The molecule has 0 aliphatic rings. The number of nitrogens with one attached hydrogen (secondary N) is 1. The lowest BCUT2D eigenvalue weighted by molar-refractivity contribution is 1.29. The van der Waals surface area contributed by atoms with Crippen molar-refractivity contribution in [2.24, 2.45) is 0 Å². The Morgan fingerprint density at radius 2 is 2.06 bits per heavy atom. The summed E-state index contributed by atoms with van der Waals surface area (Å²) in [6.45, 7) is 0. The van der Waals surface area contributed by atoms with Crippen LogP contribution in [0.15, 0.2) is 41.0 Å². The Bertz CT molecular complexity index is 519. The molecule has 0 aliphatic carbocycles. The maximum atomic E-state index is 6.07. The largest absolute Gasteiger partial charge is 0.338 e. The zero-order chi connectivity index (χ0) is 11.5. The maximum absolute atomic E-state index is 6.07. The predicted molar refractivity (Wildman–Crippen MR) is 79.4 cm³/mol. The fraction of sp³-hybridized carbons (Fsp3) is 0. The van der Waals surface area contributed by atoms with Gasteiger partial charge in [0.1, 0.15) is 5.82 Å². The van der Waals surface area contributed by atoms with Crippen molar-refractivity contribution in [2.75, 3.05) is 5.32 Å². The van der Waals surface area contributed by atoms with E-state index < -0.39 is 0 Å². The van der Waals surface area contributed by atoms with Crippen molar-refractivity contribution < 1.29 is 0 Å². The Hall–Kier alpha value is -0.330. The topological polar surface area (TPSA) is 24.9 Å². The van der Waals surface area contributed by atoms with Crippen LogP contribution < -0.4 is 5.32 Å². The van der Waals surface area contributed by atoms with Crippen molar-refractivity contribution >= 4 is 61.6 Å². The fourth-order valence-corrected chi connectivity index (χ4v) is 2.40. The third-order valence-corrected chi connectivity index (χ3v) is 3.60. The Morgan fingerprint density at radius 3 is 2.75 bits per heavy atom. The first-order valence-corrected chi connectivity index (χ1v) is 6.74. The number of nitrogens with zero attached hydrogens (tertiary/aromatic N) is 1. The van der Waals surface area contributed by atoms with Gasteiger partial charge in [-0.05, 0) is 56.7 Å². The molecule has 0 amide bonds. The molecule has 2 aromatic rings. The van der Waals surface area contributed by atoms with E-state index in [0.29, 0.717) is 10.8 Å². The molecule has 5 heteroatoms. The van der Waals surface area contributed by atoms with Crippen molar-refractivity contribution in [1.29, 1.82) is 0 Å². The highest BCUT2D eigenvalue weighted by Crippen LogP contribution is 2.27. The van der Waals surface area contributed by atoms with Crippen molar-refractivity contribution in [3.63, 3.8) is 0 Å². The summed E-state index contributed by atoms with van der Waals surface area (Å²) in [5, 5.41) is 3.79. The summed E-state index contributed by atoms with van der Waals surface area (Å²) in [6, 6.07) is 9.78. The van der Waals surface area contributed by atoms with Gasteiger partial charge in [0, 0.05) is 14.2 Å². The highest BCUT2D eigenvalue weighted by Gasteiger charge is 2.04. The number of anilines is 2. The van der Waals surface area contributed by atoms with E-state index in [1.165, 1.54) is 0 Å². The first-order chi connectivity index (χ1) is 7.66. The average molecular weight is 409 g/mol. The van der Waals surface area contributed by atoms with Gasteiger partial charge in [-0.2, -0.15) is 0 Å². The van der Waals surface area contributed by atoms with Crippen LogP contribution in [0.5, 0.6) is 0 Å². The van der Waals surface area contributed by atoms with E-state index in [0.717, 1.165) is 13.7 Å². The van der Waals surface area contributed by atoms with E-state index in [4.69, 9.17) is 11.6 Å². The highest BCUT2D eigenvalue weighted by molar-refractivity contribution is 14.1. The minimum atomic E-state index is 0.592. The predicted octanol–water partition coefficient (Wildman–Crippen LogP) is 4.85. The van der Waals surface area contributed by atoms with E-state index in [9.17, 15) is 0 Å². The highest BCUT2D eigenvalue weighted by atomic mass is 127. The summed E-state index contributed by atoms with van der Waals surface area (Å²) in [5.74, 6) is 0.661. The zero-order valence-corrected chi connectivity index (χ0v) is 12.5. The van der Waals surface area contributed by atoms with Gasteiger partial charge in [-0.25, -0.2) is 4.98 Å². The van der Waals surface area contributed by atoms with Gasteiger partial charge >= 0.3 is 0 Å². The van der Waals surface area contributed by atoms with Crippen LogP contribution in [0, 0.1) is 3.57 Å². The average Bonchev–Trinajstić information content (AvgIpc) is 2.25. The maximum Gasteiger partial charge on any atom is 0.149 e. The molecule has 0 saturated carbocycles. The molecule has 0 spiro atoms. The van der Waals surface area contributed by atoms with Crippen molar-refractivity contribution in [3.8, 4) is 0 Å². The van der Waals surface area contributed by atoms with Crippen LogP contribution in [0.25, 0.3) is 0 Å². The van der Waals surface area contributed by atoms with E-state index in [1.54, 1.807) is 6.20 Å². The lowest BCUT2D eigenvalue weighted by atomic mass is 10.3. The SMILES string of the molecule is Clc1cc(Br)cnc1Nc1ccccc1I. The molecule has 0 radical (unpaired) electrons. The van der Waals surface area contributed by atoms with Crippen LogP contribution in [-0.4, -0.2) is 4.98 Å². The quantitative estimate of drug-likeness (QED) is 0.718. The smallest absolute Gasteiger partial charge is 0.149 e. The monoisotopic (exact) mass is 408 g/mol. The fourth-order valence-electron chi connectivity index (χ4n) is 1.20. The lowest BCUT2D eigenvalue weighted by Crippen LogP contribution is -1.96. The standard InChI is InChI=1S/C11H7BrClIN2/c12-7-5-8(13)11(15-6-7)16-10-4-2-1-3-9(10)14/h1-6H,(H,15,16). The normalized spacial score (nSPS) is 10.2. The second-order valence-electron chi connectivity index (χ2n) is 3.09. The van der Waals surface area contributed by atoms with Crippen LogP contribution in [0.1, 0.15) is 0 Å². The first kappa shape index (κ1) is 12.1. The molecule has 2 rings (SSSR count). The third kappa shape index (κ3) is 2.87. The summed E-state index contributed by atoms with van der Waals surface area (Å²) in [7, 11) is 0. The second kappa shape index (κ2) is 5.33. The number of aromatic nitrogens is 1. The molecular formula is C11H7BrClIN2. The van der Waals surface area contributed by atoms with E-state index in [1.807, 2.05) is 30.3 Å². The Kier molecular flexibility index (Phi) is 4.05. The Morgan fingerprint density at radius 1 is 1.31 bits per heavy atom. The summed E-state index contributed by atoms with van der Waals surface area (Å²) in [4.78, 5) is 4.22. The van der Waals surface area contributed by atoms with Gasteiger partial charge in [0.05, 0.1) is 10.7 Å². The van der Waals surface area contributed by atoms with Crippen LogP contribution in [-0.2, 0) is 0 Å². The van der Waals surface area contributed by atoms with E-state index >= 15 is 0 Å². The molecular weight excluding hydrogens is 402 g/mol. The molecule has 0 atom stereocenters. The number of rotatable bonds is 2. The van der Waals surface area contributed by atoms with Gasteiger partial charge < -0.3 is 5.32 Å². The number of pyridine rings is 1. The van der Waals surface area contributed by atoms with Crippen LogP contribution in [0.3, 0.4) is 0 Å². The molecule has 0 aliphatic heterocycles. The summed E-state index contributed by atoms with van der Waals surface area (Å²) < 4.78 is 1.99. The second-order valence-corrected chi connectivity index (χ2v) is 5.57. The molecule has 0 fully saturated rings. The van der Waals surface area contributed by atoms with Gasteiger partial charge in [-0.15, -0.1) is 0 Å². The van der Waals surface area contributed by atoms with Gasteiger partial charge in [0.25, 0.3) is 0 Å². The van der Waals surface area contributed by atoms with Gasteiger partial charge in [-0.3, -0.25) is 0 Å². The van der Waals surface area contributed by atoms with Crippen molar-refractivity contribution in [1.82, 2.24) is 4.98 Å². The van der Waals surface area contributed by atoms with Gasteiger partial charge in [0.2, 0.25) is 0 Å². The van der Waals surface area contributed by atoms with E-state index in [-0.39, 0.29) is 0 Å². The van der Waals surface area contributed by atoms with Crippen LogP contribution >= 0.6 is 50.1 Å². The first-order valence-electron chi connectivity index (χ1n) is 4.49. The molecule has 2 nitrogen and oxygen atoms in total. The number of halogens is 3. The lowest BCUT2D eigenvalue weighted by Gasteiger charge is -2.08. The third-order valence-electron chi connectivity index (χ3n) is 1.93. The number of hydrogen-bond acceptors (Lipinski definition) is 2.